The van der Waals surface area contributed by atoms with E-state index in [1.807, 2.05) is 13.1 Å². The van der Waals surface area contributed by atoms with Crippen molar-refractivity contribution in [1.29, 1.82) is 0 Å². The van der Waals surface area contributed by atoms with Gasteiger partial charge < -0.3 is 14.4 Å². The summed E-state index contributed by atoms with van der Waals surface area (Å²) in [6.45, 7) is 2.78. The predicted octanol–water partition coefficient (Wildman–Crippen LogP) is 1.80. The molecule has 0 spiro atoms. The molecular weight excluding hydrogens is 280 g/mol. The zero-order valence-corrected chi connectivity index (χ0v) is 12.8. The fourth-order valence-electron chi connectivity index (χ4n) is 3.52. The largest absolute Gasteiger partial charge is 0.360 e. The van der Waals surface area contributed by atoms with Crippen molar-refractivity contribution < 1.29 is 9.32 Å². The van der Waals surface area contributed by atoms with E-state index in [1.54, 1.807) is 0 Å². The molecule has 3 heterocycles. The van der Waals surface area contributed by atoms with Gasteiger partial charge in [-0.1, -0.05) is 5.16 Å². The van der Waals surface area contributed by atoms with Crippen molar-refractivity contribution in [2.45, 2.75) is 58.0 Å². The molecule has 0 radical (unpaired) electrons. The van der Waals surface area contributed by atoms with Crippen LogP contribution in [-0.2, 0) is 25.8 Å². The number of imidazole rings is 1. The molecule has 1 N–H and O–H groups in total. The van der Waals surface area contributed by atoms with E-state index in [4.69, 9.17) is 4.52 Å². The smallest absolute Gasteiger partial charge is 0.274 e. The van der Waals surface area contributed by atoms with Gasteiger partial charge in [0.1, 0.15) is 11.6 Å². The van der Waals surface area contributed by atoms with Crippen molar-refractivity contribution in [3.63, 3.8) is 0 Å². The van der Waals surface area contributed by atoms with E-state index in [9.17, 15) is 4.79 Å². The molecule has 1 aliphatic carbocycles. The molecule has 0 bridgehead atoms. The molecule has 6 heteroatoms. The zero-order valence-electron chi connectivity index (χ0n) is 12.8. The van der Waals surface area contributed by atoms with Gasteiger partial charge in [0.05, 0.1) is 5.69 Å². The highest BCUT2D eigenvalue weighted by Gasteiger charge is 2.27. The predicted molar refractivity (Wildman–Crippen MR) is 79.7 cm³/mol. The van der Waals surface area contributed by atoms with Crippen LogP contribution >= 0.6 is 0 Å². The Bertz CT molecular complexity index is 716. The molecule has 4 rings (SSSR count). The third-order valence-corrected chi connectivity index (χ3v) is 4.61. The first-order chi connectivity index (χ1) is 10.7. The van der Waals surface area contributed by atoms with Gasteiger partial charge in [0.2, 0.25) is 0 Å². The Morgan fingerprint density at radius 3 is 3.14 bits per heavy atom. The van der Waals surface area contributed by atoms with Gasteiger partial charge in [-0.3, -0.25) is 4.79 Å². The summed E-state index contributed by atoms with van der Waals surface area (Å²) in [6.07, 6.45) is 7.89. The van der Waals surface area contributed by atoms with E-state index < -0.39 is 0 Å². The number of hydrogen-bond acceptors (Lipinski definition) is 4. The maximum absolute atomic E-state index is 12.5. The summed E-state index contributed by atoms with van der Waals surface area (Å²) in [7, 11) is 0. The molecule has 2 aromatic rings. The van der Waals surface area contributed by atoms with Crippen LogP contribution in [0.25, 0.3) is 0 Å². The SMILES string of the molecule is Cc1cn2c(n1)CC[C@@H](NC(=O)c1noc3c1CCCC3)C2. The number of aryl methyl sites for hydroxylation is 3. The summed E-state index contributed by atoms with van der Waals surface area (Å²) in [5.74, 6) is 1.91. The van der Waals surface area contributed by atoms with E-state index in [0.717, 1.165) is 67.9 Å². The molecule has 1 atom stereocenters. The molecule has 6 nitrogen and oxygen atoms in total. The van der Waals surface area contributed by atoms with Crippen LogP contribution in [0.4, 0.5) is 0 Å². The summed E-state index contributed by atoms with van der Waals surface area (Å²) in [4.78, 5) is 17.0. The minimum Gasteiger partial charge on any atom is -0.360 e. The first-order valence-corrected chi connectivity index (χ1v) is 8.01. The van der Waals surface area contributed by atoms with Crippen LogP contribution in [0.3, 0.4) is 0 Å². The van der Waals surface area contributed by atoms with Crippen LogP contribution in [0, 0.1) is 6.92 Å². The van der Waals surface area contributed by atoms with Gasteiger partial charge in [0, 0.05) is 37.2 Å². The lowest BCUT2D eigenvalue weighted by molar-refractivity contribution is 0.0917. The quantitative estimate of drug-likeness (QED) is 0.918. The van der Waals surface area contributed by atoms with Crippen molar-refractivity contribution in [2.75, 3.05) is 0 Å². The standard InChI is InChI=1S/C16H20N4O2/c1-10-8-20-9-11(6-7-14(20)17-10)18-16(21)15-12-4-2-3-5-13(12)22-19-15/h8,11H,2-7,9H2,1H3,(H,18,21)/t11-/m1/s1. The van der Waals surface area contributed by atoms with Gasteiger partial charge in [-0.2, -0.15) is 0 Å². The van der Waals surface area contributed by atoms with Crippen LogP contribution in [-0.4, -0.2) is 26.7 Å². The summed E-state index contributed by atoms with van der Waals surface area (Å²) in [6, 6.07) is 0.129. The first-order valence-electron chi connectivity index (χ1n) is 8.01. The summed E-state index contributed by atoms with van der Waals surface area (Å²) >= 11 is 0. The van der Waals surface area contributed by atoms with E-state index in [-0.39, 0.29) is 11.9 Å². The zero-order chi connectivity index (χ0) is 15.1. The summed E-state index contributed by atoms with van der Waals surface area (Å²) in [5.41, 5.74) is 2.54. The molecule has 22 heavy (non-hydrogen) atoms. The number of fused-ring (bicyclic) bond motifs is 2. The van der Waals surface area contributed by atoms with Crippen LogP contribution < -0.4 is 5.32 Å². The number of aromatic nitrogens is 3. The second-order valence-electron chi connectivity index (χ2n) is 6.30. The number of carbonyl (C=O) groups excluding carboxylic acids is 1. The maximum atomic E-state index is 12.5. The number of carbonyl (C=O) groups is 1. The van der Waals surface area contributed by atoms with Crippen LogP contribution in [0.1, 0.15) is 52.6 Å². The highest BCUT2D eigenvalue weighted by atomic mass is 16.5. The van der Waals surface area contributed by atoms with Gasteiger partial charge in [-0.25, -0.2) is 4.98 Å². The number of nitrogens with one attached hydrogen (secondary N) is 1. The van der Waals surface area contributed by atoms with Crippen LogP contribution in [0.15, 0.2) is 10.7 Å². The molecule has 116 valence electrons. The number of nitrogens with zero attached hydrogens (tertiary/aromatic N) is 3. The average Bonchev–Trinajstić information content (AvgIpc) is 3.09. The topological polar surface area (TPSA) is 73.0 Å². The molecule has 1 aliphatic heterocycles. The lowest BCUT2D eigenvalue weighted by Gasteiger charge is -2.24. The Morgan fingerprint density at radius 2 is 2.23 bits per heavy atom. The molecule has 0 aromatic carbocycles. The molecule has 0 saturated carbocycles. The van der Waals surface area contributed by atoms with Crippen molar-refractivity contribution in [1.82, 2.24) is 20.0 Å². The minimum absolute atomic E-state index is 0.0998. The van der Waals surface area contributed by atoms with Crippen molar-refractivity contribution >= 4 is 5.91 Å². The Kier molecular flexibility index (Phi) is 3.24. The molecule has 1 amide bonds. The third-order valence-electron chi connectivity index (χ3n) is 4.61. The summed E-state index contributed by atoms with van der Waals surface area (Å²) < 4.78 is 7.47. The van der Waals surface area contributed by atoms with Gasteiger partial charge in [-0.05, 0) is 32.6 Å². The molecule has 2 aliphatic rings. The molecule has 2 aromatic heterocycles. The number of amides is 1. The second-order valence-corrected chi connectivity index (χ2v) is 6.30. The molecule has 0 fully saturated rings. The van der Waals surface area contributed by atoms with Crippen LogP contribution in [0.2, 0.25) is 0 Å². The van der Waals surface area contributed by atoms with Crippen LogP contribution in [0.5, 0.6) is 0 Å². The lowest BCUT2D eigenvalue weighted by Crippen LogP contribution is -2.41. The fourth-order valence-corrected chi connectivity index (χ4v) is 3.52. The fraction of sp³-hybridized carbons (Fsp3) is 0.562. The van der Waals surface area contributed by atoms with E-state index >= 15 is 0 Å². The van der Waals surface area contributed by atoms with Crippen molar-refractivity contribution in [3.8, 4) is 0 Å². The van der Waals surface area contributed by atoms with Gasteiger partial charge in [-0.15, -0.1) is 0 Å². The van der Waals surface area contributed by atoms with E-state index in [0.29, 0.717) is 5.69 Å². The van der Waals surface area contributed by atoms with Crippen molar-refractivity contribution in [3.05, 3.63) is 34.7 Å². The van der Waals surface area contributed by atoms with Gasteiger partial charge >= 0.3 is 0 Å². The monoisotopic (exact) mass is 300 g/mol. The Morgan fingerprint density at radius 1 is 1.36 bits per heavy atom. The summed E-state index contributed by atoms with van der Waals surface area (Å²) in [5, 5.41) is 7.12. The Balaban J connectivity index is 1.48. The van der Waals surface area contributed by atoms with Gasteiger partial charge in [0.15, 0.2) is 5.69 Å². The lowest BCUT2D eigenvalue weighted by atomic mass is 9.96. The number of hydrogen-bond donors (Lipinski definition) is 1. The maximum Gasteiger partial charge on any atom is 0.274 e. The highest BCUT2D eigenvalue weighted by molar-refractivity contribution is 5.94. The Hall–Kier alpha value is -2.11. The Labute approximate surface area is 128 Å². The van der Waals surface area contributed by atoms with Crippen molar-refractivity contribution in [2.24, 2.45) is 0 Å². The average molecular weight is 300 g/mol. The van der Waals surface area contributed by atoms with E-state index in [1.165, 1.54) is 0 Å². The molecular formula is C16H20N4O2. The molecule has 0 unspecified atom stereocenters. The normalized spacial score (nSPS) is 20.3. The molecule has 0 saturated heterocycles. The highest BCUT2D eigenvalue weighted by Crippen LogP contribution is 2.24. The minimum atomic E-state index is -0.0998. The van der Waals surface area contributed by atoms with E-state index in [2.05, 4.69) is 20.0 Å². The third kappa shape index (κ3) is 2.32. The first kappa shape index (κ1) is 13.5. The van der Waals surface area contributed by atoms with Gasteiger partial charge in [0.25, 0.3) is 5.91 Å². The second kappa shape index (κ2) is 5.26. The number of rotatable bonds is 2.